The van der Waals surface area contributed by atoms with Crippen molar-refractivity contribution in [3.8, 4) is 0 Å². The highest BCUT2D eigenvalue weighted by molar-refractivity contribution is 5.80. The first kappa shape index (κ1) is 9.88. The summed E-state index contributed by atoms with van der Waals surface area (Å²) >= 11 is 0. The van der Waals surface area contributed by atoms with Gasteiger partial charge in [-0.3, -0.25) is 4.79 Å². The third-order valence-corrected chi connectivity index (χ3v) is 4.27. The Morgan fingerprint density at radius 2 is 2.29 bits per heavy atom. The van der Waals surface area contributed by atoms with Crippen LogP contribution in [0.1, 0.15) is 46.0 Å². The maximum absolute atomic E-state index is 11.3. The molecule has 0 radical (unpaired) electrons. The summed E-state index contributed by atoms with van der Waals surface area (Å²) in [6.45, 7) is 3.94. The summed E-state index contributed by atoms with van der Waals surface area (Å²) in [4.78, 5) is 22.1. The SMILES string of the molecule is CC(=O)CC[C@@H]1[C@H]2CC(=O)CC[C@@]12C. The smallest absolute Gasteiger partial charge is 0.133 e. The Morgan fingerprint density at radius 1 is 1.57 bits per heavy atom. The van der Waals surface area contributed by atoms with Gasteiger partial charge in [0.25, 0.3) is 0 Å². The Morgan fingerprint density at radius 3 is 2.86 bits per heavy atom. The average Bonchev–Trinajstić information content (AvgIpc) is 2.67. The van der Waals surface area contributed by atoms with E-state index in [0.29, 0.717) is 29.5 Å². The zero-order valence-corrected chi connectivity index (χ0v) is 9.01. The number of carbonyl (C=O) groups is 2. The van der Waals surface area contributed by atoms with Crippen molar-refractivity contribution in [2.24, 2.45) is 17.3 Å². The molecule has 2 fully saturated rings. The molecule has 0 aromatic rings. The standard InChI is InChI=1S/C12H18O2/c1-8(13)3-4-10-11-7-9(14)5-6-12(10,11)2/h10-11H,3-7H2,1-2H3/t10-,11-,12+/m1/s1. The van der Waals surface area contributed by atoms with Crippen LogP contribution in [-0.4, -0.2) is 11.6 Å². The molecular weight excluding hydrogens is 176 g/mol. The molecule has 2 rings (SSSR count). The summed E-state index contributed by atoms with van der Waals surface area (Å²) in [5.41, 5.74) is 0.406. The van der Waals surface area contributed by atoms with Gasteiger partial charge in [0, 0.05) is 19.3 Å². The van der Waals surface area contributed by atoms with Gasteiger partial charge in [-0.2, -0.15) is 0 Å². The fraction of sp³-hybridized carbons (Fsp3) is 0.833. The molecule has 2 aliphatic rings. The number of Topliss-reactive ketones (excluding diaryl/α,β-unsaturated/α-hetero) is 2. The van der Waals surface area contributed by atoms with Gasteiger partial charge in [-0.15, -0.1) is 0 Å². The molecule has 78 valence electrons. The van der Waals surface area contributed by atoms with Gasteiger partial charge in [-0.25, -0.2) is 0 Å². The molecule has 14 heavy (non-hydrogen) atoms. The Labute approximate surface area is 85.1 Å². The average molecular weight is 194 g/mol. The van der Waals surface area contributed by atoms with Crippen LogP contribution in [0.5, 0.6) is 0 Å². The van der Waals surface area contributed by atoms with Gasteiger partial charge in [0.05, 0.1) is 0 Å². The molecule has 0 heterocycles. The number of hydrogen-bond acceptors (Lipinski definition) is 2. The van der Waals surface area contributed by atoms with Crippen molar-refractivity contribution in [2.45, 2.75) is 46.0 Å². The molecule has 0 aromatic carbocycles. The second-order valence-electron chi connectivity index (χ2n) is 5.20. The molecule has 0 N–H and O–H groups in total. The molecule has 2 heteroatoms. The molecular formula is C12H18O2. The highest BCUT2D eigenvalue weighted by atomic mass is 16.1. The van der Waals surface area contributed by atoms with E-state index in [1.54, 1.807) is 6.92 Å². The molecule has 0 unspecified atom stereocenters. The molecule has 0 amide bonds. The van der Waals surface area contributed by atoms with Gasteiger partial charge < -0.3 is 4.79 Å². The number of hydrogen-bond donors (Lipinski definition) is 0. The van der Waals surface area contributed by atoms with Crippen molar-refractivity contribution in [1.82, 2.24) is 0 Å². The molecule has 0 spiro atoms. The van der Waals surface area contributed by atoms with Gasteiger partial charge in [-0.05, 0) is 37.0 Å². The van der Waals surface area contributed by atoms with E-state index in [4.69, 9.17) is 0 Å². The number of fused-ring (bicyclic) bond motifs is 1. The van der Waals surface area contributed by atoms with Crippen LogP contribution in [0, 0.1) is 17.3 Å². The van der Waals surface area contributed by atoms with Crippen molar-refractivity contribution >= 4 is 11.6 Å². The van der Waals surface area contributed by atoms with Crippen molar-refractivity contribution in [2.75, 3.05) is 0 Å². The van der Waals surface area contributed by atoms with Gasteiger partial charge in [0.1, 0.15) is 11.6 Å². The summed E-state index contributed by atoms with van der Waals surface area (Å²) in [6, 6.07) is 0. The van der Waals surface area contributed by atoms with E-state index >= 15 is 0 Å². The van der Waals surface area contributed by atoms with Crippen molar-refractivity contribution in [3.63, 3.8) is 0 Å². The molecule has 2 aliphatic carbocycles. The van der Waals surface area contributed by atoms with E-state index in [2.05, 4.69) is 6.92 Å². The number of carbonyl (C=O) groups excluding carboxylic acids is 2. The summed E-state index contributed by atoms with van der Waals surface area (Å²) in [6.07, 6.45) is 4.30. The van der Waals surface area contributed by atoms with Gasteiger partial charge in [-0.1, -0.05) is 6.92 Å². The largest absolute Gasteiger partial charge is 0.300 e. The first-order chi connectivity index (χ1) is 6.54. The van der Waals surface area contributed by atoms with Crippen LogP contribution in [0.3, 0.4) is 0 Å². The van der Waals surface area contributed by atoms with E-state index in [1.165, 1.54) is 0 Å². The minimum Gasteiger partial charge on any atom is -0.300 e. The topological polar surface area (TPSA) is 34.1 Å². The third kappa shape index (κ3) is 1.51. The van der Waals surface area contributed by atoms with Crippen molar-refractivity contribution in [3.05, 3.63) is 0 Å². The minimum atomic E-state index is 0.281. The molecule has 0 aliphatic heterocycles. The Hall–Kier alpha value is -0.660. The van der Waals surface area contributed by atoms with Crippen LogP contribution >= 0.6 is 0 Å². The highest BCUT2D eigenvalue weighted by Crippen LogP contribution is 2.66. The maximum atomic E-state index is 11.3. The molecule has 2 nitrogen and oxygen atoms in total. The first-order valence-electron chi connectivity index (χ1n) is 5.55. The van der Waals surface area contributed by atoms with Crippen LogP contribution in [0.25, 0.3) is 0 Å². The minimum absolute atomic E-state index is 0.281. The van der Waals surface area contributed by atoms with Crippen LogP contribution in [0.15, 0.2) is 0 Å². The van der Waals surface area contributed by atoms with E-state index in [1.807, 2.05) is 0 Å². The quantitative estimate of drug-likeness (QED) is 0.691. The molecule has 2 saturated carbocycles. The van der Waals surface area contributed by atoms with E-state index in [-0.39, 0.29) is 5.78 Å². The summed E-state index contributed by atoms with van der Waals surface area (Å²) in [5.74, 6) is 1.96. The van der Waals surface area contributed by atoms with Crippen LogP contribution < -0.4 is 0 Å². The predicted octanol–water partition coefficient (Wildman–Crippen LogP) is 2.36. The Balaban J connectivity index is 1.91. The van der Waals surface area contributed by atoms with Crippen molar-refractivity contribution in [1.29, 1.82) is 0 Å². The lowest BCUT2D eigenvalue weighted by molar-refractivity contribution is -0.121. The van der Waals surface area contributed by atoms with Gasteiger partial charge in [0.15, 0.2) is 0 Å². The maximum Gasteiger partial charge on any atom is 0.133 e. The molecule has 0 aromatic heterocycles. The Kier molecular flexibility index (Phi) is 2.24. The van der Waals surface area contributed by atoms with E-state index in [0.717, 1.165) is 25.7 Å². The summed E-state index contributed by atoms with van der Waals surface area (Å²) < 4.78 is 0. The molecule has 0 bridgehead atoms. The summed E-state index contributed by atoms with van der Waals surface area (Å²) in [5, 5.41) is 0. The van der Waals surface area contributed by atoms with Crippen LogP contribution in [-0.2, 0) is 9.59 Å². The highest BCUT2D eigenvalue weighted by Gasteiger charge is 2.61. The second-order valence-corrected chi connectivity index (χ2v) is 5.20. The van der Waals surface area contributed by atoms with Gasteiger partial charge >= 0.3 is 0 Å². The van der Waals surface area contributed by atoms with E-state index in [9.17, 15) is 9.59 Å². The lowest BCUT2D eigenvalue weighted by atomic mass is 9.89. The Bertz CT molecular complexity index is 282. The fourth-order valence-corrected chi connectivity index (χ4v) is 3.16. The lowest BCUT2D eigenvalue weighted by Gasteiger charge is -2.15. The lowest BCUT2D eigenvalue weighted by Crippen LogP contribution is -2.12. The second kappa shape index (κ2) is 3.18. The van der Waals surface area contributed by atoms with Crippen molar-refractivity contribution < 1.29 is 9.59 Å². The monoisotopic (exact) mass is 194 g/mol. The first-order valence-corrected chi connectivity index (χ1v) is 5.55. The summed E-state index contributed by atoms with van der Waals surface area (Å²) in [7, 11) is 0. The molecule has 0 saturated heterocycles. The fourth-order valence-electron chi connectivity index (χ4n) is 3.16. The third-order valence-electron chi connectivity index (χ3n) is 4.27. The van der Waals surface area contributed by atoms with Crippen LogP contribution in [0.4, 0.5) is 0 Å². The predicted molar refractivity (Wildman–Crippen MR) is 53.9 cm³/mol. The number of rotatable bonds is 3. The zero-order valence-electron chi connectivity index (χ0n) is 9.01. The van der Waals surface area contributed by atoms with Crippen LogP contribution in [0.2, 0.25) is 0 Å². The molecule has 3 atom stereocenters. The number of ketones is 2. The van der Waals surface area contributed by atoms with Gasteiger partial charge in [0.2, 0.25) is 0 Å². The van der Waals surface area contributed by atoms with E-state index < -0.39 is 0 Å². The zero-order chi connectivity index (χ0) is 10.3. The normalized spacial score (nSPS) is 40.6.